The third-order valence-corrected chi connectivity index (χ3v) is 4.53. The van der Waals surface area contributed by atoms with Crippen molar-refractivity contribution in [1.82, 2.24) is 0 Å². The van der Waals surface area contributed by atoms with E-state index < -0.39 is 0 Å². The van der Waals surface area contributed by atoms with E-state index in [9.17, 15) is 4.79 Å². The van der Waals surface area contributed by atoms with Gasteiger partial charge in [-0.1, -0.05) is 0 Å². The number of carbonyl (C=O) groups excluding carboxylic acids is 1. The van der Waals surface area contributed by atoms with Crippen LogP contribution in [-0.4, -0.2) is 28.7 Å². The third kappa shape index (κ3) is 1.67. The molecule has 0 amide bonds. The van der Waals surface area contributed by atoms with Gasteiger partial charge in [0.25, 0.3) is 0 Å². The van der Waals surface area contributed by atoms with Gasteiger partial charge in [-0.3, -0.25) is 4.79 Å². The van der Waals surface area contributed by atoms with Crippen LogP contribution in [0.5, 0.6) is 0 Å². The zero-order chi connectivity index (χ0) is 7.68. The van der Waals surface area contributed by atoms with E-state index >= 15 is 0 Å². The van der Waals surface area contributed by atoms with Crippen molar-refractivity contribution in [3.63, 3.8) is 0 Å². The Hall–Kier alpha value is 0.170. The van der Waals surface area contributed by atoms with Gasteiger partial charge in [-0.25, -0.2) is 0 Å². The first kappa shape index (κ1) is 7.80. The highest BCUT2D eigenvalue weighted by Crippen LogP contribution is 2.31. The van der Waals surface area contributed by atoms with Gasteiger partial charge < -0.3 is 4.74 Å². The monoisotopic (exact) mass is 190 g/mol. The summed E-state index contributed by atoms with van der Waals surface area (Å²) in [5.41, 5.74) is 0. The molecule has 0 spiro atoms. The average molecular weight is 190 g/mol. The SMILES string of the molecule is O=C1OC2CSCSCC1C2. The molecule has 2 aliphatic rings. The van der Waals surface area contributed by atoms with Gasteiger partial charge >= 0.3 is 5.97 Å². The maximum Gasteiger partial charge on any atom is 0.310 e. The largest absolute Gasteiger partial charge is 0.461 e. The lowest BCUT2D eigenvalue weighted by molar-refractivity contribution is -0.143. The molecule has 2 aliphatic heterocycles. The maximum atomic E-state index is 11.1. The van der Waals surface area contributed by atoms with Crippen molar-refractivity contribution >= 4 is 29.5 Å². The molecule has 0 N–H and O–H groups in total. The van der Waals surface area contributed by atoms with Gasteiger partial charge in [0.05, 0.1) is 5.92 Å². The van der Waals surface area contributed by atoms with Gasteiger partial charge in [-0.2, -0.15) is 11.8 Å². The van der Waals surface area contributed by atoms with Crippen molar-refractivity contribution in [3.05, 3.63) is 0 Å². The van der Waals surface area contributed by atoms with Crippen LogP contribution >= 0.6 is 23.5 Å². The van der Waals surface area contributed by atoms with E-state index in [0.29, 0.717) is 0 Å². The molecular weight excluding hydrogens is 180 g/mol. The molecular formula is C7H10O2S2. The molecule has 2 heterocycles. The maximum absolute atomic E-state index is 11.1. The van der Waals surface area contributed by atoms with Crippen molar-refractivity contribution < 1.29 is 9.53 Å². The van der Waals surface area contributed by atoms with Crippen molar-refractivity contribution in [2.45, 2.75) is 12.5 Å². The van der Waals surface area contributed by atoms with Crippen LogP contribution in [0, 0.1) is 5.92 Å². The molecule has 2 rings (SSSR count). The van der Waals surface area contributed by atoms with Crippen LogP contribution in [0.25, 0.3) is 0 Å². The second kappa shape index (κ2) is 3.27. The number of hydrogen-bond acceptors (Lipinski definition) is 4. The third-order valence-electron chi connectivity index (χ3n) is 1.95. The number of carbonyl (C=O) groups is 1. The van der Waals surface area contributed by atoms with Crippen LogP contribution in [0.15, 0.2) is 0 Å². The Morgan fingerprint density at radius 2 is 2.18 bits per heavy atom. The predicted octanol–water partition coefficient (Wildman–Crippen LogP) is 1.36. The molecule has 0 radical (unpaired) electrons. The van der Waals surface area contributed by atoms with Crippen molar-refractivity contribution in [3.8, 4) is 0 Å². The highest BCUT2D eigenvalue weighted by atomic mass is 32.2. The van der Waals surface area contributed by atoms with E-state index in [-0.39, 0.29) is 18.0 Å². The first-order valence-electron chi connectivity index (χ1n) is 3.72. The molecule has 0 aromatic carbocycles. The second-order valence-corrected chi connectivity index (χ2v) is 5.28. The Labute approximate surface area is 74.4 Å². The van der Waals surface area contributed by atoms with Gasteiger partial charge in [0.2, 0.25) is 0 Å². The topological polar surface area (TPSA) is 26.3 Å². The highest BCUT2D eigenvalue weighted by Gasteiger charge is 2.35. The number of fused-ring (bicyclic) bond motifs is 2. The fraction of sp³-hybridized carbons (Fsp3) is 0.857. The van der Waals surface area contributed by atoms with Gasteiger partial charge in [-0.05, 0) is 6.42 Å². The van der Waals surface area contributed by atoms with Crippen LogP contribution in [-0.2, 0) is 9.53 Å². The summed E-state index contributed by atoms with van der Waals surface area (Å²) in [5, 5.41) is 1.11. The lowest BCUT2D eigenvalue weighted by Crippen LogP contribution is -2.11. The fourth-order valence-electron chi connectivity index (χ4n) is 1.39. The van der Waals surface area contributed by atoms with Gasteiger partial charge in [0, 0.05) is 16.6 Å². The number of thioether (sulfide) groups is 2. The minimum atomic E-state index is 0.0324. The van der Waals surface area contributed by atoms with Gasteiger partial charge in [0.15, 0.2) is 0 Å². The zero-order valence-electron chi connectivity index (χ0n) is 6.12. The lowest BCUT2D eigenvalue weighted by Gasteiger charge is -2.10. The number of ether oxygens (including phenoxy) is 1. The summed E-state index contributed by atoms with van der Waals surface area (Å²) in [4.78, 5) is 11.1. The Bertz CT molecular complexity index is 172. The predicted molar refractivity (Wildman–Crippen MR) is 47.8 cm³/mol. The van der Waals surface area contributed by atoms with Crippen LogP contribution in [0.4, 0.5) is 0 Å². The summed E-state index contributed by atoms with van der Waals surface area (Å²) in [6.45, 7) is 0. The molecule has 11 heavy (non-hydrogen) atoms. The highest BCUT2D eigenvalue weighted by molar-refractivity contribution is 8.16. The smallest absolute Gasteiger partial charge is 0.310 e. The van der Waals surface area contributed by atoms with E-state index in [0.717, 1.165) is 23.0 Å². The van der Waals surface area contributed by atoms with Crippen LogP contribution in [0.3, 0.4) is 0 Å². The number of hydrogen-bond donors (Lipinski definition) is 0. The summed E-state index contributed by atoms with van der Waals surface area (Å²) < 4.78 is 5.17. The minimum absolute atomic E-state index is 0.0324. The normalized spacial score (nSPS) is 37.6. The van der Waals surface area contributed by atoms with Crippen molar-refractivity contribution in [2.75, 3.05) is 16.6 Å². The molecule has 62 valence electrons. The molecule has 2 bridgehead atoms. The summed E-state index contributed by atoms with van der Waals surface area (Å²) in [6, 6.07) is 0. The number of esters is 1. The zero-order valence-corrected chi connectivity index (χ0v) is 7.75. The molecule has 0 saturated carbocycles. The molecule has 0 aliphatic carbocycles. The Morgan fingerprint density at radius 1 is 1.36 bits per heavy atom. The molecule has 2 atom stereocenters. The van der Waals surface area contributed by atoms with E-state index in [1.165, 1.54) is 0 Å². The van der Waals surface area contributed by atoms with E-state index in [1.54, 1.807) is 0 Å². The van der Waals surface area contributed by atoms with E-state index in [1.807, 2.05) is 23.5 Å². The molecule has 4 heteroatoms. The van der Waals surface area contributed by atoms with Crippen molar-refractivity contribution in [1.29, 1.82) is 0 Å². The molecule has 2 fully saturated rings. The lowest BCUT2D eigenvalue weighted by atomic mass is 10.1. The summed E-state index contributed by atoms with van der Waals surface area (Å²) in [5.74, 6) is 2.19. The van der Waals surface area contributed by atoms with Crippen LogP contribution in [0.1, 0.15) is 6.42 Å². The average Bonchev–Trinajstić information content (AvgIpc) is 2.27. The number of rotatable bonds is 0. The fourth-order valence-corrected chi connectivity index (χ4v) is 3.65. The summed E-state index contributed by atoms with van der Waals surface area (Å²) in [6.07, 6.45) is 1.18. The first-order chi connectivity index (χ1) is 5.36. The molecule has 0 aromatic heterocycles. The minimum Gasteiger partial charge on any atom is -0.461 e. The molecule has 0 aromatic rings. The molecule has 2 saturated heterocycles. The van der Waals surface area contributed by atoms with Gasteiger partial charge in [-0.15, -0.1) is 11.8 Å². The Morgan fingerprint density at radius 3 is 3.09 bits per heavy atom. The van der Waals surface area contributed by atoms with E-state index in [4.69, 9.17) is 4.74 Å². The van der Waals surface area contributed by atoms with Gasteiger partial charge in [0.1, 0.15) is 6.10 Å². The first-order valence-corrected chi connectivity index (χ1v) is 6.03. The summed E-state index contributed by atoms with van der Waals surface area (Å²) >= 11 is 3.73. The summed E-state index contributed by atoms with van der Waals surface area (Å²) in [7, 11) is 0. The Balaban J connectivity index is 2.03. The second-order valence-electron chi connectivity index (χ2n) is 2.85. The van der Waals surface area contributed by atoms with Crippen molar-refractivity contribution in [2.24, 2.45) is 5.92 Å². The van der Waals surface area contributed by atoms with Crippen LogP contribution in [0.2, 0.25) is 0 Å². The standard InChI is InChI=1S/C7H10O2S2/c8-7-5-1-6(9-7)3-11-4-10-2-5/h5-6H,1-4H2. The Kier molecular flexibility index (Phi) is 2.32. The van der Waals surface area contributed by atoms with E-state index in [2.05, 4.69) is 0 Å². The van der Waals surface area contributed by atoms with Crippen LogP contribution < -0.4 is 0 Å². The molecule has 2 nitrogen and oxygen atoms in total. The quantitative estimate of drug-likeness (QED) is 0.539. The molecule has 2 unspecified atom stereocenters.